The van der Waals surface area contributed by atoms with E-state index in [1.54, 1.807) is 29.5 Å². The van der Waals surface area contributed by atoms with E-state index < -0.39 is 0 Å². The highest BCUT2D eigenvalue weighted by Gasteiger charge is 2.35. The zero-order chi connectivity index (χ0) is 16.3. The number of hydrogen-bond acceptors (Lipinski definition) is 3. The Balaban J connectivity index is 1.75. The lowest BCUT2D eigenvalue weighted by Gasteiger charge is -2.36. The van der Waals surface area contributed by atoms with Gasteiger partial charge in [-0.25, -0.2) is 0 Å². The third-order valence-electron chi connectivity index (χ3n) is 4.21. The normalized spacial score (nSPS) is 17.0. The molecule has 3 rings (SSSR count). The lowest BCUT2D eigenvalue weighted by Crippen LogP contribution is -2.44. The van der Waals surface area contributed by atoms with Crippen molar-refractivity contribution in [2.45, 2.75) is 18.3 Å². The molecule has 1 aromatic heterocycles. The summed E-state index contributed by atoms with van der Waals surface area (Å²) in [6.45, 7) is 2.02. The number of ether oxygens (including phenoxy) is 1. The fourth-order valence-corrected chi connectivity index (χ4v) is 4.40. The number of benzene rings is 1. The van der Waals surface area contributed by atoms with Crippen LogP contribution in [0.4, 0.5) is 0 Å². The van der Waals surface area contributed by atoms with Crippen LogP contribution in [-0.4, -0.2) is 25.7 Å². The molecule has 1 saturated heterocycles. The molecule has 1 aliphatic heterocycles. The van der Waals surface area contributed by atoms with Gasteiger partial charge in [0.15, 0.2) is 0 Å². The highest BCUT2D eigenvalue weighted by molar-refractivity contribution is 7.10. The van der Waals surface area contributed by atoms with Crippen LogP contribution >= 0.6 is 34.5 Å². The Morgan fingerprint density at radius 1 is 1.22 bits per heavy atom. The third-order valence-corrected chi connectivity index (χ3v) is 5.76. The van der Waals surface area contributed by atoms with Gasteiger partial charge in [-0.2, -0.15) is 0 Å². The summed E-state index contributed by atoms with van der Waals surface area (Å²) in [5.74, 6) is -0.156. The molecule has 0 spiro atoms. The average molecular weight is 370 g/mol. The van der Waals surface area contributed by atoms with Crippen molar-refractivity contribution >= 4 is 40.4 Å². The van der Waals surface area contributed by atoms with Crippen LogP contribution in [0.5, 0.6) is 0 Å². The number of carbonyl (C=O) groups is 1. The molecule has 1 amide bonds. The first-order valence-electron chi connectivity index (χ1n) is 7.45. The summed E-state index contributed by atoms with van der Waals surface area (Å²) >= 11 is 13.7. The number of rotatable bonds is 4. The number of nitrogens with one attached hydrogen (secondary N) is 1. The molecule has 0 atom stereocenters. The monoisotopic (exact) mass is 369 g/mol. The van der Waals surface area contributed by atoms with E-state index in [-0.39, 0.29) is 11.3 Å². The van der Waals surface area contributed by atoms with E-state index >= 15 is 0 Å². The first-order chi connectivity index (χ1) is 11.1. The molecule has 0 saturated carbocycles. The van der Waals surface area contributed by atoms with Crippen molar-refractivity contribution in [3.05, 3.63) is 56.2 Å². The predicted octanol–water partition coefficient (Wildman–Crippen LogP) is 4.53. The van der Waals surface area contributed by atoms with Crippen LogP contribution in [0.1, 0.15) is 28.1 Å². The molecule has 0 aliphatic carbocycles. The Labute approximate surface area is 149 Å². The third kappa shape index (κ3) is 3.89. The van der Waals surface area contributed by atoms with E-state index in [2.05, 4.69) is 22.8 Å². The van der Waals surface area contributed by atoms with Crippen LogP contribution in [0.2, 0.25) is 10.0 Å². The lowest BCUT2D eigenvalue weighted by molar-refractivity contribution is 0.0499. The van der Waals surface area contributed by atoms with Crippen LogP contribution < -0.4 is 5.32 Å². The molecule has 6 heteroatoms. The smallest absolute Gasteiger partial charge is 0.251 e. The van der Waals surface area contributed by atoms with Crippen molar-refractivity contribution in [2.24, 2.45) is 0 Å². The van der Waals surface area contributed by atoms with E-state index in [9.17, 15) is 4.79 Å². The van der Waals surface area contributed by atoms with Gasteiger partial charge < -0.3 is 10.1 Å². The molecular formula is C17H17Cl2NO2S. The Morgan fingerprint density at radius 2 is 1.91 bits per heavy atom. The number of amides is 1. The number of halogens is 2. The fourth-order valence-electron chi connectivity index (χ4n) is 2.89. The summed E-state index contributed by atoms with van der Waals surface area (Å²) in [6.07, 6.45) is 1.81. The Morgan fingerprint density at radius 3 is 2.52 bits per heavy atom. The number of carbonyl (C=O) groups excluding carboxylic acids is 1. The van der Waals surface area contributed by atoms with Gasteiger partial charge in [0.25, 0.3) is 5.91 Å². The van der Waals surface area contributed by atoms with E-state index in [4.69, 9.17) is 27.9 Å². The molecule has 23 heavy (non-hydrogen) atoms. The molecule has 0 radical (unpaired) electrons. The van der Waals surface area contributed by atoms with Gasteiger partial charge in [0, 0.05) is 45.7 Å². The van der Waals surface area contributed by atoms with Gasteiger partial charge in [0.05, 0.1) is 0 Å². The minimum Gasteiger partial charge on any atom is -0.381 e. The van der Waals surface area contributed by atoms with Gasteiger partial charge in [-0.1, -0.05) is 29.3 Å². The fraction of sp³-hybridized carbons (Fsp3) is 0.353. The molecule has 122 valence electrons. The van der Waals surface area contributed by atoms with Crippen LogP contribution in [-0.2, 0) is 10.2 Å². The summed E-state index contributed by atoms with van der Waals surface area (Å²) in [4.78, 5) is 13.7. The van der Waals surface area contributed by atoms with Gasteiger partial charge in [0.1, 0.15) is 0 Å². The van der Waals surface area contributed by atoms with Gasteiger partial charge >= 0.3 is 0 Å². The molecule has 2 aromatic rings. The van der Waals surface area contributed by atoms with Crippen molar-refractivity contribution < 1.29 is 9.53 Å². The quantitative estimate of drug-likeness (QED) is 0.859. The van der Waals surface area contributed by atoms with Gasteiger partial charge in [-0.05, 0) is 42.5 Å². The van der Waals surface area contributed by atoms with Gasteiger partial charge in [-0.15, -0.1) is 11.3 Å². The Kier molecular flexibility index (Phi) is 5.27. The average Bonchev–Trinajstić information content (AvgIpc) is 3.07. The second-order valence-corrected chi connectivity index (χ2v) is 7.53. The molecule has 0 bridgehead atoms. The SMILES string of the molecule is O=C(NCC1(c2cccs2)CCOCC1)c1cc(Cl)cc(Cl)c1. The summed E-state index contributed by atoms with van der Waals surface area (Å²) in [5.41, 5.74) is 0.431. The van der Waals surface area contributed by atoms with E-state index in [0.29, 0.717) is 22.2 Å². The largest absolute Gasteiger partial charge is 0.381 e. The molecule has 2 heterocycles. The maximum absolute atomic E-state index is 12.4. The van der Waals surface area contributed by atoms with Gasteiger partial charge in [0.2, 0.25) is 0 Å². The van der Waals surface area contributed by atoms with Crippen LogP contribution in [0.25, 0.3) is 0 Å². The van der Waals surface area contributed by atoms with Crippen molar-refractivity contribution in [2.75, 3.05) is 19.8 Å². The summed E-state index contributed by atoms with van der Waals surface area (Å²) in [5, 5.41) is 6.04. The van der Waals surface area contributed by atoms with Crippen molar-refractivity contribution in [1.82, 2.24) is 5.32 Å². The maximum atomic E-state index is 12.4. The highest BCUT2D eigenvalue weighted by atomic mass is 35.5. The standard InChI is InChI=1S/C17H17Cl2NO2S/c18-13-8-12(9-14(19)10-13)16(21)20-11-17(3-5-22-6-4-17)15-2-1-7-23-15/h1-2,7-10H,3-6,11H2,(H,20,21). The predicted molar refractivity (Wildman–Crippen MR) is 94.8 cm³/mol. The van der Waals surface area contributed by atoms with Gasteiger partial charge in [-0.3, -0.25) is 4.79 Å². The van der Waals surface area contributed by atoms with E-state index in [1.807, 2.05) is 0 Å². The summed E-state index contributed by atoms with van der Waals surface area (Å²) in [7, 11) is 0. The zero-order valence-electron chi connectivity index (χ0n) is 12.5. The van der Waals surface area contributed by atoms with Crippen LogP contribution in [0.15, 0.2) is 35.7 Å². The zero-order valence-corrected chi connectivity index (χ0v) is 14.8. The highest BCUT2D eigenvalue weighted by Crippen LogP contribution is 2.37. The summed E-state index contributed by atoms with van der Waals surface area (Å²) < 4.78 is 5.50. The molecule has 0 unspecified atom stereocenters. The number of thiophene rings is 1. The molecule has 3 nitrogen and oxygen atoms in total. The van der Waals surface area contributed by atoms with Crippen molar-refractivity contribution in [3.8, 4) is 0 Å². The number of hydrogen-bond donors (Lipinski definition) is 1. The van der Waals surface area contributed by atoms with E-state index in [0.717, 1.165) is 26.1 Å². The Bertz CT molecular complexity index is 662. The molecule has 1 N–H and O–H groups in total. The van der Waals surface area contributed by atoms with Crippen molar-refractivity contribution in [1.29, 1.82) is 0 Å². The van der Waals surface area contributed by atoms with Crippen molar-refractivity contribution in [3.63, 3.8) is 0 Å². The minimum absolute atomic E-state index is 0.0511. The molecule has 1 aromatic carbocycles. The topological polar surface area (TPSA) is 38.3 Å². The maximum Gasteiger partial charge on any atom is 0.251 e. The molecule has 1 aliphatic rings. The first kappa shape index (κ1) is 16.8. The lowest BCUT2D eigenvalue weighted by atomic mass is 9.78. The van der Waals surface area contributed by atoms with Crippen LogP contribution in [0.3, 0.4) is 0 Å². The molecular weight excluding hydrogens is 353 g/mol. The second kappa shape index (κ2) is 7.22. The second-order valence-electron chi connectivity index (χ2n) is 5.71. The van der Waals surface area contributed by atoms with Crippen LogP contribution in [0, 0.1) is 0 Å². The summed E-state index contributed by atoms with van der Waals surface area (Å²) in [6, 6.07) is 9.06. The Hall–Kier alpha value is -1.07. The van der Waals surface area contributed by atoms with E-state index in [1.165, 1.54) is 4.88 Å². The molecule has 1 fully saturated rings. The first-order valence-corrected chi connectivity index (χ1v) is 9.09. The minimum atomic E-state index is -0.156.